The first-order chi connectivity index (χ1) is 11.5. The van der Waals surface area contributed by atoms with Crippen molar-refractivity contribution in [1.82, 2.24) is 15.0 Å². The molecule has 24 heavy (non-hydrogen) atoms. The molecule has 1 amide bonds. The van der Waals surface area contributed by atoms with Gasteiger partial charge in [-0.15, -0.1) is 0 Å². The Kier molecular flexibility index (Phi) is 5.11. The van der Waals surface area contributed by atoms with E-state index in [1.807, 2.05) is 17.9 Å². The van der Waals surface area contributed by atoms with Gasteiger partial charge in [0.2, 0.25) is 0 Å². The maximum atomic E-state index is 12.6. The molecule has 1 aliphatic heterocycles. The molecular weight excluding hydrogens is 326 g/mol. The Morgan fingerprint density at radius 3 is 2.42 bits per heavy atom. The molecule has 0 N–H and O–H groups in total. The van der Waals surface area contributed by atoms with Crippen molar-refractivity contribution < 1.29 is 13.5 Å². The fraction of sp³-hybridized carbons (Fsp3) is 0.412. The van der Waals surface area contributed by atoms with Crippen LogP contribution in [-0.4, -0.2) is 57.5 Å². The highest BCUT2D eigenvalue weighted by molar-refractivity contribution is 7.84. The fourth-order valence-electron chi connectivity index (χ4n) is 2.79. The topological polar surface area (TPSA) is 66.7 Å². The van der Waals surface area contributed by atoms with E-state index >= 15 is 0 Å². The van der Waals surface area contributed by atoms with Crippen molar-refractivity contribution in [3.63, 3.8) is 0 Å². The van der Waals surface area contributed by atoms with Gasteiger partial charge in [-0.1, -0.05) is 5.16 Å². The summed E-state index contributed by atoms with van der Waals surface area (Å²) in [5.74, 6) is 0.883. The first kappa shape index (κ1) is 16.9. The third-order valence-electron chi connectivity index (χ3n) is 4.15. The minimum absolute atomic E-state index is 0.0265. The minimum atomic E-state index is -1.02. The van der Waals surface area contributed by atoms with Gasteiger partial charge in [-0.25, -0.2) is 0 Å². The van der Waals surface area contributed by atoms with Crippen LogP contribution in [-0.2, 0) is 17.3 Å². The molecule has 1 aromatic carbocycles. The van der Waals surface area contributed by atoms with Crippen LogP contribution in [0.5, 0.6) is 0 Å². The van der Waals surface area contributed by atoms with Gasteiger partial charge >= 0.3 is 0 Å². The van der Waals surface area contributed by atoms with Gasteiger partial charge in [-0.05, 0) is 31.2 Å². The zero-order valence-corrected chi connectivity index (χ0v) is 14.7. The number of carbonyl (C=O) groups is 1. The van der Waals surface area contributed by atoms with Crippen LogP contribution in [0.25, 0.3) is 0 Å². The second kappa shape index (κ2) is 7.27. The number of hydrogen-bond acceptors (Lipinski definition) is 5. The Labute approximate surface area is 143 Å². The predicted molar refractivity (Wildman–Crippen MR) is 91.2 cm³/mol. The van der Waals surface area contributed by atoms with E-state index < -0.39 is 10.8 Å². The molecule has 3 rings (SSSR count). The molecule has 1 aliphatic rings. The van der Waals surface area contributed by atoms with E-state index in [1.165, 1.54) is 0 Å². The third kappa shape index (κ3) is 3.91. The van der Waals surface area contributed by atoms with Crippen molar-refractivity contribution in [3.05, 3.63) is 47.3 Å². The molecular formula is C17H21N3O3S. The number of carbonyl (C=O) groups excluding carboxylic acids is 1. The van der Waals surface area contributed by atoms with Gasteiger partial charge in [0.15, 0.2) is 5.76 Å². The van der Waals surface area contributed by atoms with Crippen LogP contribution < -0.4 is 0 Å². The molecule has 6 nitrogen and oxygen atoms in total. The molecule has 1 atom stereocenters. The van der Waals surface area contributed by atoms with Crippen LogP contribution in [0.1, 0.15) is 21.8 Å². The maximum Gasteiger partial charge on any atom is 0.253 e. The summed E-state index contributed by atoms with van der Waals surface area (Å²) in [6, 6.07) is 8.96. The summed E-state index contributed by atoms with van der Waals surface area (Å²) in [4.78, 5) is 17.4. The Bertz CT molecular complexity index is 734. The lowest BCUT2D eigenvalue weighted by molar-refractivity contribution is 0.0617. The molecule has 2 heterocycles. The van der Waals surface area contributed by atoms with E-state index in [0.29, 0.717) is 18.7 Å². The van der Waals surface area contributed by atoms with E-state index in [0.717, 1.165) is 36.0 Å². The highest BCUT2D eigenvalue weighted by atomic mass is 32.2. The molecule has 0 bridgehead atoms. The third-order valence-corrected chi connectivity index (χ3v) is 5.08. The van der Waals surface area contributed by atoms with Crippen LogP contribution in [0.4, 0.5) is 0 Å². The number of aromatic nitrogens is 1. The molecule has 0 radical (unpaired) electrons. The van der Waals surface area contributed by atoms with E-state index in [2.05, 4.69) is 10.1 Å². The number of nitrogens with zero attached hydrogens (tertiary/aromatic N) is 3. The highest BCUT2D eigenvalue weighted by Gasteiger charge is 2.23. The second-order valence-electron chi connectivity index (χ2n) is 5.98. The molecule has 1 saturated heterocycles. The minimum Gasteiger partial charge on any atom is -0.360 e. The molecule has 1 aromatic heterocycles. The summed E-state index contributed by atoms with van der Waals surface area (Å²) >= 11 is 0. The summed E-state index contributed by atoms with van der Waals surface area (Å²) < 4.78 is 16.7. The lowest BCUT2D eigenvalue weighted by atomic mass is 10.2. The highest BCUT2D eigenvalue weighted by Crippen LogP contribution is 2.14. The number of amides is 1. The summed E-state index contributed by atoms with van der Waals surface area (Å²) in [7, 11) is -1.02. The Morgan fingerprint density at radius 1 is 1.21 bits per heavy atom. The average molecular weight is 347 g/mol. The lowest BCUT2D eigenvalue weighted by Crippen LogP contribution is -2.48. The van der Waals surface area contributed by atoms with E-state index in [1.54, 1.807) is 30.5 Å². The van der Waals surface area contributed by atoms with Gasteiger partial charge in [-0.2, -0.15) is 0 Å². The second-order valence-corrected chi connectivity index (χ2v) is 7.36. The smallest absolute Gasteiger partial charge is 0.253 e. The van der Waals surface area contributed by atoms with Gasteiger partial charge in [0.1, 0.15) is 0 Å². The number of aryl methyl sites for hydroxylation is 1. The number of rotatable bonds is 4. The largest absolute Gasteiger partial charge is 0.360 e. The Morgan fingerprint density at radius 2 is 1.88 bits per heavy atom. The Balaban J connectivity index is 1.55. The summed E-state index contributed by atoms with van der Waals surface area (Å²) in [6.45, 7) is 5.62. The van der Waals surface area contributed by atoms with Crippen molar-refractivity contribution in [2.24, 2.45) is 0 Å². The van der Waals surface area contributed by atoms with Crippen molar-refractivity contribution in [2.45, 2.75) is 18.4 Å². The summed E-state index contributed by atoms with van der Waals surface area (Å²) in [5, 5.41) is 3.90. The number of benzene rings is 1. The molecule has 1 fully saturated rings. The quantitative estimate of drug-likeness (QED) is 0.842. The van der Waals surface area contributed by atoms with Crippen LogP contribution in [0.3, 0.4) is 0 Å². The number of piperazine rings is 1. The fourth-order valence-corrected chi connectivity index (χ4v) is 3.31. The SMILES string of the molecule is Cc1cc(CN2CCN(C(=O)c3ccc(S(C)=O)cc3)CC2)on1. The molecule has 7 heteroatoms. The standard InChI is InChI=1S/C17H21N3O3S/c1-13-11-15(23-18-13)12-19-7-9-20(10-8-19)17(21)14-3-5-16(6-4-14)24(2)22/h3-6,11H,7-10,12H2,1-2H3. The first-order valence-electron chi connectivity index (χ1n) is 7.90. The number of hydrogen-bond donors (Lipinski definition) is 0. The monoisotopic (exact) mass is 347 g/mol. The predicted octanol–water partition coefficient (Wildman–Crippen LogP) is 1.68. The van der Waals surface area contributed by atoms with Crippen LogP contribution in [0.15, 0.2) is 39.8 Å². The molecule has 2 aromatic rings. The molecule has 0 spiro atoms. The zero-order valence-electron chi connectivity index (χ0n) is 13.9. The summed E-state index contributed by atoms with van der Waals surface area (Å²) in [5.41, 5.74) is 1.53. The van der Waals surface area contributed by atoms with Gasteiger partial charge in [0, 0.05) is 59.8 Å². The average Bonchev–Trinajstić information content (AvgIpc) is 3.00. The Hall–Kier alpha value is -1.99. The lowest BCUT2D eigenvalue weighted by Gasteiger charge is -2.34. The van der Waals surface area contributed by atoms with Gasteiger partial charge in [0.25, 0.3) is 5.91 Å². The summed E-state index contributed by atoms with van der Waals surface area (Å²) in [6.07, 6.45) is 1.63. The van der Waals surface area contributed by atoms with Crippen LogP contribution >= 0.6 is 0 Å². The molecule has 0 saturated carbocycles. The van der Waals surface area contributed by atoms with Crippen LogP contribution in [0.2, 0.25) is 0 Å². The van der Waals surface area contributed by atoms with Crippen molar-refractivity contribution in [2.75, 3.05) is 32.4 Å². The normalized spacial score (nSPS) is 17.0. The molecule has 1 unspecified atom stereocenters. The van der Waals surface area contributed by atoms with Gasteiger partial charge < -0.3 is 9.42 Å². The molecule has 0 aliphatic carbocycles. The van der Waals surface area contributed by atoms with Crippen molar-refractivity contribution >= 4 is 16.7 Å². The maximum absolute atomic E-state index is 12.6. The van der Waals surface area contributed by atoms with Crippen molar-refractivity contribution in [1.29, 1.82) is 0 Å². The van der Waals surface area contributed by atoms with E-state index in [4.69, 9.17) is 4.52 Å². The van der Waals surface area contributed by atoms with Crippen molar-refractivity contribution in [3.8, 4) is 0 Å². The van der Waals surface area contributed by atoms with Gasteiger partial charge in [0.05, 0.1) is 12.2 Å². The van der Waals surface area contributed by atoms with Crippen LogP contribution in [0, 0.1) is 6.92 Å². The zero-order chi connectivity index (χ0) is 17.1. The molecule has 128 valence electrons. The van der Waals surface area contributed by atoms with Gasteiger partial charge in [-0.3, -0.25) is 13.9 Å². The van der Waals surface area contributed by atoms with E-state index in [9.17, 15) is 9.00 Å². The first-order valence-corrected chi connectivity index (χ1v) is 9.46. The van der Waals surface area contributed by atoms with E-state index in [-0.39, 0.29) is 5.91 Å².